The number of carbonyl (C=O) groups is 3. The number of hydrogen-bond acceptors (Lipinski definition) is 8. The number of allylic oxidation sites excluding steroid dienone is 2. The van der Waals surface area contributed by atoms with Gasteiger partial charge in [0.25, 0.3) is 0 Å². The Labute approximate surface area is 329 Å². The first-order valence-electron chi connectivity index (χ1n) is 22.1. The summed E-state index contributed by atoms with van der Waals surface area (Å²) in [5.74, 6) is -3.19. The van der Waals surface area contributed by atoms with Crippen LogP contribution < -0.4 is 16.4 Å². The van der Waals surface area contributed by atoms with Crippen LogP contribution in [-0.4, -0.2) is 87.8 Å². The van der Waals surface area contributed by atoms with Gasteiger partial charge >= 0.3 is 0 Å². The predicted octanol–water partition coefficient (Wildman–Crippen LogP) is 7.29. The van der Waals surface area contributed by atoms with Gasteiger partial charge in [0.05, 0.1) is 25.3 Å². The third kappa shape index (κ3) is 22.5. The van der Waals surface area contributed by atoms with Crippen LogP contribution in [-0.2, 0) is 19.1 Å². The molecule has 1 heterocycles. The molecule has 11 nitrogen and oxygen atoms in total. The smallest absolute Gasteiger partial charge is 0.243 e. The molecule has 0 radical (unpaired) electrons. The third-order valence-electron chi connectivity index (χ3n) is 10.6. The molecule has 1 aliphatic heterocycles. The van der Waals surface area contributed by atoms with Gasteiger partial charge in [0.15, 0.2) is 0 Å². The van der Waals surface area contributed by atoms with Crippen LogP contribution in [0.3, 0.4) is 0 Å². The van der Waals surface area contributed by atoms with Crippen LogP contribution in [0.4, 0.5) is 0 Å². The second kappa shape index (κ2) is 32.1. The molecule has 1 fully saturated rings. The summed E-state index contributed by atoms with van der Waals surface area (Å²) in [5, 5.41) is 36.8. The van der Waals surface area contributed by atoms with Crippen molar-refractivity contribution in [3.05, 3.63) is 12.2 Å². The first-order chi connectivity index (χ1) is 26.1. The number of aliphatic hydroxyl groups excluding tert-OH is 3. The molecule has 1 aliphatic rings. The molecule has 1 rings (SSSR count). The average Bonchev–Trinajstić information content (AvgIpc) is 3.15. The predicted molar refractivity (Wildman–Crippen MR) is 218 cm³/mol. The third-order valence-corrected chi connectivity index (χ3v) is 10.6. The van der Waals surface area contributed by atoms with Gasteiger partial charge in [-0.2, -0.15) is 0 Å². The summed E-state index contributed by atoms with van der Waals surface area (Å²) in [4.78, 5) is 40.8. The van der Waals surface area contributed by atoms with Crippen molar-refractivity contribution in [2.24, 2.45) is 5.73 Å². The first kappa shape index (κ1) is 50.0. The van der Waals surface area contributed by atoms with E-state index in [4.69, 9.17) is 10.5 Å². The average molecular weight is 767 g/mol. The Bertz CT molecular complexity index is 997. The monoisotopic (exact) mass is 767 g/mol. The highest BCUT2D eigenvalue weighted by Gasteiger charge is 2.52. The molecule has 0 aliphatic carbocycles. The molecule has 11 heteroatoms. The van der Waals surface area contributed by atoms with Gasteiger partial charge in [-0.15, -0.1) is 0 Å². The minimum Gasteiger partial charge on any atom is -0.394 e. The number of ether oxygens (including phenoxy) is 1. The van der Waals surface area contributed by atoms with Crippen molar-refractivity contribution >= 4 is 17.7 Å². The van der Waals surface area contributed by atoms with Gasteiger partial charge in [-0.1, -0.05) is 148 Å². The Morgan fingerprint density at radius 3 is 1.70 bits per heavy atom. The number of nitrogens with one attached hydrogen (secondary N) is 2. The molecule has 0 spiro atoms. The molecule has 0 bridgehead atoms. The normalized spacial score (nSPS) is 20.6. The van der Waals surface area contributed by atoms with Crippen molar-refractivity contribution in [1.29, 1.82) is 0 Å². The minimum absolute atomic E-state index is 0.226. The van der Waals surface area contributed by atoms with Crippen molar-refractivity contribution in [3.8, 4) is 0 Å². The molecule has 1 saturated heterocycles. The minimum atomic E-state index is -1.81. The highest BCUT2D eigenvalue weighted by Crippen LogP contribution is 2.32. The fraction of sp³-hybridized carbons (Fsp3) is 0.884. The molecule has 0 aromatic rings. The molecule has 54 heavy (non-hydrogen) atoms. The lowest BCUT2D eigenvalue weighted by Crippen LogP contribution is -2.72. The van der Waals surface area contributed by atoms with E-state index in [1.807, 2.05) is 0 Å². The van der Waals surface area contributed by atoms with Crippen LogP contribution in [0.5, 0.6) is 0 Å². The molecule has 0 aromatic heterocycles. The zero-order chi connectivity index (χ0) is 39.9. The lowest BCUT2D eigenvalue weighted by atomic mass is 9.96. The van der Waals surface area contributed by atoms with Crippen LogP contribution in [0.2, 0.25) is 0 Å². The number of rotatable bonds is 34. The van der Waals surface area contributed by atoms with Crippen molar-refractivity contribution in [1.82, 2.24) is 15.5 Å². The molecule has 0 saturated carbocycles. The number of hydrogen-bond donors (Lipinski definition) is 6. The van der Waals surface area contributed by atoms with E-state index in [0.717, 1.165) is 57.8 Å². The fourth-order valence-corrected chi connectivity index (χ4v) is 7.18. The van der Waals surface area contributed by atoms with Gasteiger partial charge in [-0.3, -0.25) is 19.3 Å². The van der Waals surface area contributed by atoms with Crippen molar-refractivity contribution in [3.63, 3.8) is 0 Å². The second-order valence-corrected chi connectivity index (χ2v) is 15.7. The Morgan fingerprint density at radius 1 is 0.759 bits per heavy atom. The number of aliphatic hydroxyl groups is 3. The van der Waals surface area contributed by atoms with Crippen molar-refractivity contribution in [2.45, 2.75) is 224 Å². The molecular formula is C43H82N4O7. The van der Waals surface area contributed by atoms with E-state index in [0.29, 0.717) is 12.8 Å². The number of unbranched alkanes of at least 4 members (excludes halogenated alkanes) is 22. The Hall–Kier alpha value is -2.05. The van der Waals surface area contributed by atoms with Crippen LogP contribution in [0, 0.1) is 0 Å². The molecule has 0 unspecified atom stereocenters. The van der Waals surface area contributed by atoms with Gasteiger partial charge < -0.3 is 36.4 Å². The van der Waals surface area contributed by atoms with Gasteiger partial charge in [-0.25, -0.2) is 0 Å². The standard InChI is InChI=1S/C43H82N4O7/c1-4-6-8-10-12-14-16-18-19-20-21-23-25-27-29-31-40(51)47(32-30-28-26-24-22-17-15-13-11-9-7-5-2)43(33-37(49)41(52)38(35-48)54-43)46-39(50)34-45-42(53)36(3)44/h18-19,36-38,41,48-49,52H,4-17,20-35,44H2,1-3H3,(H,45,53)(H,46,50)/b19-18-/t36-,37+,38+,41-,43-/m0/s1. The lowest BCUT2D eigenvalue weighted by molar-refractivity contribution is -0.280. The van der Waals surface area contributed by atoms with Crippen molar-refractivity contribution in [2.75, 3.05) is 19.7 Å². The highest BCUT2D eigenvalue weighted by molar-refractivity contribution is 5.87. The molecule has 7 N–H and O–H groups in total. The zero-order valence-electron chi connectivity index (χ0n) is 34.7. The van der Waals surface area contributed by atoms with E-state index in [1.54, 1.807) is 0 Å². The number of carbonyl (C=O) groups excluding carboxylic acids is 3. The van der Waals surface area contributed by atoms with Crippen molar-refractivity contribution < 1.29 is 34.4 Å². The van der Waals surface area contributed by atoms with E-state index in [2.05, 4.69) is 36.6 Å². The van der Waals surface area contributed by atoms with Gasteiger partial charge in [0.1, 0.15) is 12.2 Å². The maximum Gasteiger partial charge on any atom is 0.243 e. The van der Waals surface area contributed by atoms with E-state index >= 15 is 0 Å². The quantitative estimate of drug-likeness (QED) is 0.0225. The summed E-state index contributed by atoms with van der Waals surface area (Å²) in [6, 6.07) is -0.816. The topological polar surface area (TPSA) is 174 Å². The maximum absolute atomic E-state index is 14.0. The summed E-state index contributed by atoms with van der Waals surface area (Å²) in [5.41, 5.74) is 5.64. The molecular weight excluding hydrogens is 684 g/mol. The highest BCUT2D eigenvalue weighted by atomic mass is 16.6. The van der Waals surface area contributed by atoms with E-state index < -0.39 is 55.2 Å². The molecule has 316 valence electrons. The lowest BCUT2D eigenvalue weighted by Gasteiger charge is -2.50. The fourth-order valence-electron chi connectivity index (χ4n) is 7.18. The summed E-state index contributed by atoms with van der Waals surface area (Å²) in [6.07, 6.45) is 29.4. The van der Waals surface area contributed by atoms with Crippen LogP contribution in [0.25, 0.3) is 0 Å². The molecule has 3 amide bonds. The van der Waals surface area contributed by atoms with Gasteiger partial charge in [0, 0.05) is 19.4 Å². The van der Waals surface area contributed by atoms with Gasteiger partial charge in [0.2, 0.25) is 23.6 Å². The largest absolute Gasteiger partial charge is 0.394 e. The SMILES string of the molecule is CCCCCCCC/C=C\CCCCCCCC(=O)N(CCCCCCCCCCCCCC)[C@@]1(NC(=O)CNC(=O)[C@H](C)N)C[C@@H](O)[C@H](O)[C@@H](CO)O1. The number of amides is 3. The summed E-state index contributed by atoms with van der Waals surface area (Å²) in [7, 11) is 0. The van der Waals surface area contributed by atoms with Crippen LogP contribution >= 0.6 is 0 Å². The first-order valence-corrected chi connectivity index (χ1v) is 22.1. The number of nitrogens with two attached hydrogens (primary N) is 1. The Morgan fingerprint density at radius 2 is 1.22 bits per heavy atom. The Kier molecular flexibility index (Phi) is 29.7. The van der Waals surface area contributed by atoms with Crippen LogP contribution in [0.15, 0.2) is 12.2 Å². The summed E-state index contributed by atoms with van der Waals surface area (Å²) in [6.45, 7) is 5.23. The number of nitrogens with zero attached hydrogens (tertiary/aromatic N) is 1. The van der Waals surface area contributed by atoms with E-state index in [1.165, 1.54) is 102 Å². The van der Waals surface area contributed by atoms with E-state index in [-0.39, 0.29) is 25.3 Å². The summed E-state index contributed by atoms with van der Waals surface area (Å²) < 4.78 is 6.17. The Balaban J connectivity index is 2.81. The van der Waals surface area contributed by atoms with E-state index in [9.17, 15) is 29.7 Å². The molecule has 5 atom stereocenters. The second-order valence-electron chi connectivity index (χ2n) is 15.7. The summed E-state index contributed by atoms with van der Waals surface area (Å²) >= 11 is 0. The molecule has 0 aromatic carbocycles. The van der Waals surface area contributed by atoms with Crippen LogP contribution in [0.1, 0.15) is 194 Å². The maximum atomic E-state index is 14.0. The zero-order valence-corrected chi connectivity index (χ0v) is 34.7. The van der Waals surface area contributed by atoms with Gasteiger partial charge in [-0.05, 0) is 45.4 Å².